The Morgan fingerprint density at radius 2 is 1.94 bits per heavy atom. The molecule has 0 amide bonds. The second-order valence-electron chi connectivity index (χ2n) is 10.5. The first-order chi connectivity index (χ1) is 15.1. The van der Waals surface area contributed by atoms with E-state index in [0.717, 1.165) is 32.4 Å². The molecule has 2 heterocycles. The fourth-order valence-corrected chi connectivity index (χ4v) is 6.61. The molecule has 2 aliphatic carbocycles. The lowest BCUT2D eigenvalue weighted by molar-refractivity contribution is -0.127. The molecule has 2 fully saturated rings. The molecule has 1 N–H and O–H groups in total. The van der Waals surface area contributed by atoms with Gasteiger partial charge in [-0.1, -0.05) is 54.5 Å². The van der Waals surface area contributed by atoms with Crippen LogP contribution in [0.2, 0.25) is 0 Å². The van der Waals surface area contributed by atoms with Crippen LogP contribution in [0.25, 0.3) is 0 Å². The van der Waals surface area contributed by atoms with Crippen molar-refractivity contribution in [2.75, 3.05) is 13.2 Å². The number of hydrogen-bond acceptors (Lipinski definition) is 3. The molecule has 1 saturated carbocycles. The van der Waals surface area contributed by atoms with Crippen LogP contribution >= 0.6 is 0 Å². The molecule has 1 spiro atoms. The van der Waals surface area contributed by atoms with Crippen molar-refractivity contribution in [2.24, 2.45) is 0 Å². The van der Waals surface area contributed by atoms with Crippen molar-refractivity contribution in [3.63, 3.8) is 0 Å². The van der Waals surface area contributed by atoms with E-state index >= 15 is 0 Å². The van der Waals surface area contributed by atoms with Crippen LogP contribution in [-0.4, -0.2) is 39.4 Å². The number of hydrogen-bond donors (Lipinski definition) is 1. The van der Waals surface area contributed by atoms with Gasteiger partial charge in [-0.3, -0.25) is 4.98 Å². The normalized spacial score (nSPS) is 27.3. The zero-order chi connectivity index (χ0) is 21.3. The highest BCUT2D eigenvalue weighted by Crippen LogP contribution is 2.48. The second-order valence-corrected chi connectivity index (χ2v) is 10.5. The van der Waals surface area contributed by atoms with Gasteiger partial charge in [-0.25, -0.2) is 0 Å². The van der Waals surface area contributed by atoms with E-state index < -0.39 is 0 Å². The maximum Gasteiger partial charge on any atom is 0.141 e. The number of nitrogens with one attached hydrogen (secondary N) is 1. The summed E-state index contributed by atoms with van der Waals surface area (Å²) in [7, 11) is 4.39. The molecule has 1 aliphatic heterocycles. The summed E-state index contributed by atoms with van der Waals surface area (Å²) in [4.78, 5) is 4.97. The predicted octanol–water partition coefficient (Wildman–Crippen LogP) is 2.02. The largest absolute Gasteiger partial charge is 0.375 e. The number of pyridine rings is 1. The first-order valence-corrected chi connectivity index (χ1v) is 12.5. The minimum absolute atomic E-state index is 0.0835. The van der Waals surface area contributed by atoms with Crippen molar-refractivity contribution in [1.29, 1.82) is 0 Å². The molecule has 3 aliphatic rings. The summed E-state index contributed by atoms with van der Waals surface area (Å²) in [5, 5.41) is 3.94. The molecule has 162 valence electrons. The number of fused-ring (bicyclic) bond motifs is 1. The molecule has 31 heavy (non-hydrogen) atoms. The standard InChI is InChI=1S/C26H36B2N2O/c27-19-7-10-24(30-17-19)25(14-16-31-26(18-25)11-2-1-3-12-26)13-15-29-23-9-8-20-21(23)5-4-6-22(20)28/h4-7,10,17,23,29H,1-3,8-9,11-16,18,27-28H2. The Bertz CT molecular complexity index is 905. The topological polar surface area (TPSA) is 34.1 Å². The molecule has 2 atom stereocenters. The van der Waals surface area contributed by atoms with E-state index in [4.69, 9.17) is 9.72 Å². The molecule has 5 rings (SSSR count). The van der Waals surface area contributed by atoms with Crippen molar-refractivity contribution in [2.45, 2.75) is 81.3 Å². The van der Waals surface area contributed by atoms with Gasteiger partial charge in [-0.2, -0.15) is 0 Å². The minimum atomic E-state index is 0.0835. The summed E-state index contributed by atoms with van der Waals surface area (Å²) in [6.45, 7) is 1.92. The van der Waals surface area contributed by atoms with Crippen LogP contribution in [0.3, 0.4) is 0 Å². The number of nitrogens with zero attached hydrogens (tertiary/aromatic N) is 1. The third kappa shape index (κ3) is 4.24. The number of benzene rings is 1. The quantitative estimate of drug-likeness (QED) is 0.761. The molecule has 2 unspecified atom stereocenters. The number of rotatable bonds is 5. The molecule has 1 saturated heterocycles. The highest BCUT2D eigenvalue weighted by molar-refractivity contribution is 6.33. The molecular weight excluding hydrogens is 378 g/mol. The lowest BCUT2D eigenvalue weighted by Crippen LogP contribution is -2.50. The zero-order valence-corrected chi connectivity index (χ0v) is 19.4. The fourth-order valence-electron chi connectivity index (χ4n) is 6.61. The minimum Gasteiger partial charge on any atom is -0.375 e. The monoisotopic (exact) mass is 414 g/mol. The van der Waals surface area contributed by atoms with E-state index in [-0.39, 0.29) is 11.0 Å². The van der Waals surface area contributed by atoms with E-state index in [1.54, 1.807) is 5.56 Å². The third-order valence-electron chi connectivity index (χ3n) is 8.37. The van der Waals surface area contributed by atoms with Gasteiger partial charge in [0.05, 0.1) is 5.60 Å². The summed E-state index contributed by atoms with van der Waals surface area (Å²) in [5.41, 5.74) is 7.29. The Hall–Kier alpha value is -1.58. The van der Waals surface area contributed by atoms with E-state index in [9.17, 15) is 0 Å². The first-order valence-electron chi connectivity index (χ1n) is 12.5. The van der Waals surface area contributed by atoms with E-state index in [2.05, 4.69) is 57.5 Å². The van der Waals surface area contributed by atoms with E-state index in [0.29, 0.717) is 6.04 Å². The third-order valence-corrected chi connectivity index (χ3v) is 8.37. The van der Waals surface area contributed by atoms with Gasteiger partial charge in [0.15, 0.2) is 0 Å². The average Bonchev–Trinajstić information content (AvgIpc) is 3.19. The van der Waals surface area contributed by atoms with Crippen LogP contribution in [-0.2, 0) is 16.6 Å². The smallest absolute Gasteiger partial charge is 0.141 e. The van der Waals surface area contributed by atoms with Crippen LogP contribution in [0.5, 0.6) is 0 Å². The molecule has 5 heteroatoms. The molecule has 1 aromatic carbocycles. The van der Waals surface area contributed by atoms with E-state index in [1.165, 1.54) is 67.1 Å². The van der Waals surface area contributed by atoms with Gasteiger partial charge in [-0.05, 0) is 68.7 Å². The van der Waals surface area contributed by atoms with Gasteiger partial charge in [-0.15, -0.1) is 0 Å². The molecular formula is C26H36B2N2O. The van der Waals surface area contributed by atoms with Crippen LogP contribution < -0.4 is 16.2 Å². The van der Waals surface area contributed by atoms with E-state index in [1.807, 2.05) is 0 Å². The highest BCUT2D eigenvalue weighted by atomic mass is 16.5. The lowest BCUT2D eigenvalue weighted by atomic mass is 9.65. The Balaban J connectivity index is 1.35. The van der Waals surface area contributed by atoms with Crippen molar-refractivity contribution < 1.29 is 4.74 Å². The molecule has 3 nitrogen and oxygen atoms in total. The van der Waals surface area contributed by atoms with Crippen LogP contribution in [0, 0.1) is 0 Å². The van der Waals surface area contributed by atoms with Crippen molar-refractivity contribution in [1.82, 2.24) is 10.3 Å². The van der Waals surface area contributed by atoms with Crippen LogP contribution in [0.4, 0.5) is 0 Å². The Kier molecular flexibility index (Phi) is 6.00. The molecule has 0 radical (unpaired) electrons. The number of ether oxygens (including phenoxy) is 1. The van der Waals surface area contributed by atoms with Crippen molar-refractivity contribution in [3.8, 4) is 0 Å². The average molecular weight is 414 g/mol. The van der Waals surface area contributed by atoms with Crippen molar-refractivity contribution >= 4 is 26.6 Å². The molecule has 1 aromatic heterocycles. The van der Waals surface area contributed by atoms with Gasteiger partial charge in [0.1, 0.15) is 15.7 Å². The first kappa shape index (κ1) is 21.3. The van der Waals surface area contributed by atoms with Gasteiger partial charge in [0.2, 0.25) is 0 Å². The summed E-state index contributed by atoms with van der Waals surface area (Å²) in [6.07, 6.45) is 14.3. The SMILES string of the molecule is Bc1ccc(C2(CCNC3CCc4c(B)cccc43)CCOC3(CCCCC3)C2)nc1. The summed E-state index contributed by atoms with van der Waals surface area (Å²) in [5.74, 6) is 0. The Morgan fingerprint density at radius 3 is 2.74 bits per heavy atom. The van der Waals surface area contributed by atoms with Gasteiger partial charge < -0.3 is 10.1 Å². The Labute approximate surface area is 189 Å². The Morgan fingerprint density at radius 1 is 1.06 bits per heavy atom. The summed E-state index contributed by atoms with van der Waals surface area (Å²) in [6, 6.07) is 11.8. The van der Waals surface area contributed by atoms with Crippen LogP contribution in [0.15, 0.2) is 36.5 Å². The molecule has 2 aromatic rings. The predicted molar refractivity (Wildman–Crippen MR) is 133 cm³/mol. The summed E-state index contributed by atoms with van der Waals surface area (Å²) < 4.78 is 6.50. The zero-order valence-electron chi connectivity index (χ0n) is 19.4. The maximum atomic E-state index is 6.50. The molecule has 0 bridgehead atoms. The van der Waals surface area contributed by atoms with Crippen LogP contribution in [0.1, 0.15) is 80.7 Å². The lowest BCUT2D eigenvalue weighted by Gasteiger charge is -2.49. The van der Waals surface area contributed by atoms with Gasteiger partial charge in [0.25, 0.3) is 0 Å². The fraction of sp³-hybridized carbons (Fsp3) is 0.577. The number of aromatic nitrogens is 1. The maximum absolute atomic E-state index is 6.50. The summed E-state index contributed by atoms with van der Waals surface area (Å²) >= 11 is 0. The van der Waals surface area contributed by atoms with Crippen molar-refractivity contribution in [3.05, 3.63) is 53.3 Å². The highest BCUT2D eigenvalue weighted by Gasteiger charge is 2.47. The van der Waals surface area contributed by atoms with Gasteiger partial charge >= 0.3 is 0 Å². The van der Waals surface area contributed by atoms with Gasteiger partial charge in [0, 0.05) is 30.0 Å². The second kappa shape index (κ2) is 8.75.